The average Bonchev–Trinajstić information content (AvgIpc) is 2.87. The fourth-order valence-electron chi connectivity index (χ4n) is 3.84. The van der Waals surface area contributed by atoms with Crippen molar-refractivity contribution >= 4 is 5.97 Å². The third kappa shape index (κ3) is 2.56. The van der Waals surface area contributed by atoms with Crippen LogP contribution in [-0.2, 0) is 4.79 Å². The Morgan fingerprint density at radius 1 is 1.39 bits per heavy atom. The number of nitrogens with zero attached hydrogens (tertiary/aromatic N) is 1. The van der Waals surface area contributed by atoms with E-state index in [1.54, 1.807) is 0 Å². The molecule has 0 spiro atoms. The minimum absolute atomic E-state index is 0.470. The maximum absolute atomic E-state index is 11.6. The first-order valence-corrected chi connectivity index (χ1v) is 7.58. The van der Waals surface area contributed by atoms with Gasteiger partial charge in [0.1, 0.15) is 0 Å². The molecule has 3 nitrogen and oxygen atoms in total. The molecule has 1 aliphatic heterocycles. The van der Waals surface area contributed by atoms with Crippen LogP contribution in [0.2, 0.25) is 0 Å². The van der Waals surface area contributed by atoms with E-state index < -0.39 is 11.4 Å². The first-order valence-electron chi connectivity index (χ1n) is 7.58. The van der Waals surface area contributed by atoms with Crippen LogP contribution in [0.4, 0.5) is 0 Å². The Balaban J connectivity index is 2.00. The van der Waals surface area contributed by atoms with Crippen molar-refractivity contribution in [3.05, 3.63) is 0 Å². The summed E-state index contributed by atoms with van der Waals surface area (Å²) < 4.78 is 0. The molecule has 0 radical (unpaired) electrons. The normalized spacial score (nSPS) is 37.9. The van der Waals surface area contributed by atoms with E-state index in [9.17, 15) is 9.90 Å². The summed E-state index contributed by atoms with van der Waals surface area (Å²) in [5.74, 6) is 0.289. The SMILES string of the molecule is CCC1CCC(N2CCCC(CC)(C(=O)O)C2)C1. The van der Waals surface area contributed by atoms with Crippen LogP contribution in [0, 0.1) is 11.3 Å². The zero-order chi connectivity index (χ0) is 13.2. The summed E-state index contributed by atoms with van der Waals surface area (Å²) >= 11 is 0. The van der Waals surface area contributed by atoms with Gasteiger partial charge in [0.25, 0.3) is 0 Å². The molecular weight excluding hydrogens is 226 g/mol. The molecule has 104 valence electrons. The minimum Gasteiger partial charge on any atom is -0.481 e. The van der Waals surface area contributed by atoms with Crippen LogP contribution in [0.15, 0.2) is 0 Å². The van der Waals surface area contributed by atoms with Gasteiger partial charge in [0, 0.05) is 12.6 Å². The van der Waals surface area contributed by atoms with E-state index in [4.69, 9.17) is 0 Å². The predicted octanol–water partition coefficient (Wildman–Crippen LogP) is 3.14. The molecule has 0 aromatic carbocycles. The van der Waals surface area contributed by atoms with Gasteiger partial charge < -0.3 is 5.11 Å². The molecule has 0 aromatic heterocycles. The minimum atomic E-state index is -0.584. The van der Waals surface area contributed by atoms with Crippen molar-refractivity contribution in [3.8, 4) is 0 Å². The van der Waals surface area contributed by atoms with Crippen molar-refractivity contribution in [1.29, 1.82) is 0 Å². The van der Waals surface area contributed by atoms with E-state index in [-0.39, 0.29) is 0 Å². The second kappa shape index (κ2) is 5.60. The van der Waals surface area contributed by atoms with Gasteiger partial charge in [0.05, 0.1) is 5.41 Å². The van der Waals surface area contributed by atoms with Crippen molar-refractivity contribution < 1.29 is 9.90 Å². The third-order valence-corrected chi connectivity index (χ3v) is 5.34. The van der Waals surface area contributed by atoms with Gasteiger partial charge >= 0.3 is 5.97 Å². The molecule has 1 N–H and O–H groups in total. The third-order valence-electron chi connectivity index (χ3n) is 5.34. The van der Waals surface area contributed by atoms with Gasteiger partial charge in [0.15, 0.2) is 0 Å². The molecule has 3 unspecified atom stereocenters. The Bertz CT molecular complexity index is 305. The highest BCUT2D eigenvalue weighted by Crippen LogP contribution is 2.38. The molecule has 3 heteroatoms. The van der Waals surface area contributed by atoms with E-state index in [0.29, 0.717) is 6.04 Å². The van der Waals surface area contributed by atoms with Crippen molar-refractivity contribution in [1.82, 2.24) is 4.90 Å². The quantitative estimate of drug-likeness (QED) is 0.836. The monoisotopic (exact) mass is 253 g/mol. The van der Waals surface area contributed by atoms with Crippen LogP contribution in [0.5, 0.6) is 0 Å². The number of hydrogen-bond donors (Lipinski definition) is 1. The van der Waals surface area contributed by atoms with E-state index in [2.05, 4.69) is 11.8 Å². The summed E-state index contributed by atoms with van der Waals surface area (Å²) in [5, 5.41) is 9.52. The van der Waals surface area contributed by atoms with E-state index in [0.717, 1.165) is 38.3 Å². The second-order valence-electron chi connectivity index (χ2n) is 6.25. The molecule has 0 aromatic rings. The predicted molar refractivity (Wildman–Crippen MR) is 72.6 cm³/mol. The number of likely N-dealkylation sites (tertiary alicyclic amines) is 1. The summed E-state index contributed by atoms with van der Waals surface area (Å²) in [5.41, 5.74) is -0.470. The van der Waals surface area contributed by atoms with Gasteiger partial charge in [-0.1, -0.05) is 20.3 Å². The van der Waals surface area contributed by atoms with E-state index >= 15 is 0 Å². The van der Waals surface area contributed by atoms with Crippen molar-refractivity contribution in [2.24, 2.45) is 11.3 Å². The topological polar surface area (TPSA) is 40.5 Å². The van der Waals surface area contributed by atoms with Crippen LogP contribution in [0.3, 0.4) is 0 Å². The first-order chi connectivity index (χ1) is 8.61. The Hall–Kier alpha value is -0.570. The fourth-order valence-corrected chi connectivity index (χ4v) is 3.84. The lowest BCUT2D eigenvalue weighted by Crippen LogP contribution is -2.50. The van der Waals surface area contributed by atoms with Crippen LogP contribution < -0.4 is 0 Å². The molecule has 2 aliphatic rings. The van der Waals surface area contributed by atoms with Gasteiger partial charge in [-0.05, 0) is 51.0 Å². The van der Waals surface area contributed by atoms with E-state index in [1.807, 2.05) is 6.92 Å². The molecule has 2 fully saturated rings. The van der Waals surface area contributed by atoms with Gasteiger partial charge in [-0.25, -0.2) is 0 Å². The van der Waals surface area contributed by atoms with Crippen LogP contribution in [-0.4, -0.2) is 35.1 Å². The van der Waals surface area contributed by atoms with Gasteiger partial charge in [-0.3, -0.25) is 9.69 Å². The Morgan fingerprint density at radius 3 is 2.72 bits per heavy atom. The number of carbonyl (C=O) groups is 1. The summed E-state index contributed by atoms with van der Waals surface area (Å²) in [7, 11) is 0. The van der Waals surface area contributed by atoms with Crippen molar-refractivity contribution in [3.63, 3.8) is 0 Å². The molecule has 3 atom stereocenters. The zero-order valence-electron chi connectivity index (χ0n) is 11.8. The molecule has 18 heavy (non-hydrogen) atoms. The molecule has 1 saturated heterocycles. The lowest BCUT2D eigenvalue weighted by atomic mass is 9.77. The molecular formula is C15H27NO2. The zero-order valence-corrected chi connectivity index (χ0v) is 11.8. The lowest BCUT2D eigenvalue weighted by molar-refractivity contribution is -0.153. The fraction of sp³-hybridized carbons (Fsp3) is 0.933. The summed E-state index contributed by atoms with van der Waals surface area (Å²) in [6, 6.07) is 0.653. The maximum atomic E-state index is 11.6. The van der Waals surface area contributed by atoms with Crippen molar-refractivity contribution in [2.75, 3.05) is 13.1 Å². The lowest BCUT2D eigenvalue weighted by Gasteiger charge is -2.42. The Morgan fingerprint density at radius 2 is 2.17 bits per heavy atom. The molecule has 1 saturated carbocycles. The number of rotatable bonds is 4. The maximum Gasteiger partial charge on any atom is 0.310 e. The second-order valence-corrected chi connectivity index (χ2v) is 6.25. The number of carboxylic acids is 1. The van der Waals surface area contributed by atoms with Crippen molar-refractivity contribution in [2.45, 2.75) is 64.8 Å². The highest BCUT2D eigenvalue weighted by molar-refractivity contribution is 5.75. The molecule has 1 heterocycles. The van der Waals surface area contributed by atoms with Crippen LogP contribution >= 0.6 is 0 Å². The number of piperidine rings is 1. The summed E-state index contributed by atoms with van der Waals surface area (Å²) in [6.45, 7) is 6.19. The molecule has 0 amide bonds. The number of hydrogen-bond acceptors (Lipinski definition) is 2. The highest BCUT2D eigenvalue weighted by Gasteiger charge is 2.43. The highest BCUT2D eigenvalue weighted by atomic mass is 16.4. The smallest absolute Gasteiger partial charge is 0.310 e. The molecule has 1 aliphatic carbocycles. The van der Waals surface area contributed by atoms with Gasteiger partial charge in [0.2, 0.25) is 0 Å². The van der Waals surface area contributed by atoms with Crippen LogP contribution in [0.25, 0.3) is 0 Å². The first kappa shape index (κ1) is 13.9. The summed E-state index contributed by atoms with van der Waals surface area (Å²) in [6.07, 6.45) is 7.86. The number of aliphatic carboxylic acids is 1. The largest absolute Gasteiger partial charge is 0.481 e. The average molecular weight is 253 g/mol. The Labute approximate surface area is 111 Å². The standard InChI is InChI=1S/C15H27NO2/c1-3-12-6-7-13(10-12)16-9-5-8-15(4-2,11-16)14(17)18/h12-13H,3-11H2,1-2H3,(H,17,18). The van der Waals surface area contributed by atoms with Gasteiger partial charge in [-0.2, -0.15) is 0 Å². The Kier molecular flexibility index (Phi) is 4.31. The van der Waals surface area contributed by atoms with E-state index in [1.165, 1.54) is 25.7 Å². The molecule has 2 rings (SSSR count). The van der Waals surface area contributed by atoms with Crippen LogP contribution in [0.1, 0.15) is 58.8 Å². The molecule has 0 bridgehead atoms. The summed E-state index contributed by atoms with van der Waals surface area (Å²) in [4.78, 5) is 14.0. The number of carboxylic acid groups (broad SMARTS) is 1. The van der Waals surface area contributed by atoms with Gasteiger partial charge in [-0.15, -0.1) is 0 Å².